The Labute approximate surface area is 131 Å². The fraction of sp³-hybridized carbons (Fsp3) is 0.238. The van der Waals surface area contributed by atoms with Gasteiger partial charge in [-0.15, -0.1) is 0 Å². The highest BCUT2D eigenvalue weighted by Crippen LogP contribution is 2.42. The molecule has 2 aliphatic rings. The average molecular weight is 288 g/mol. The Kier molecular flexibility index (Phi) is 3.44. The smallest absolute Gasteiger partial charge is 0.0434 e. The van der Waals surface area contributed by atoms with Gasteiger partial charge >= 0.3 is 0 Å². The van der Waals surface area contributed by atoms with Crippen LogP contribution in [-0.2, 0) is 6.42 Å². The van der Waals surface area contributed by atoms with E-state index in [1.165, 1.54) is 39.0 Å². The van der Waals surface area contributed by atoms with Gasteiger partial charge < -0.3 is 5.11 Å². The zero-order chi connectivity index (χ0) is 14.9. The highest BCUT2D eigenvalue weighted by Gasteiger charge is 2.23. The van der Waals surface area contributed by atoms with Crippen molar-refractivity contribution < 1.29 is 5.11 Å². The number of aliphatic hydroxyl groups is 1. The topological polar surface area (TPSA) is 20.2 Å². The summed E-state index contributed by atoms with van der Waals surface area (Å²) in [5.74, 6) is 0. The monoisotopic (exact) mass is 288 g/mol. The molecule has 2 aromatic carbocycles. The molecule has 110 valence electrons. The van der Waals surface area contributed by atoms with Gasteiger partial charge in [0.2, 0.25) is 0 Å². The number of aliphatic hydroxyl groups excluding tert-OH is 1. The highest BCUT2D eigenvalue weighted by atomic mass is 16.2. The molecule has 0 radical (unpaired) electrons. The van der Waals surface area contributed by atoms with Crippen LogP contribution in [0.3, 0.4) is 0 Å². The number of hydrogen-bond donors (Lipinski definition) is 1. The summed E-state index contributed by atoms with van der Waals surface area (Å²) < 4.78 is 0. The molecule has 0 saturated carbocycles. The minimum Gasteiger partial charge on any atom is -0.396 e. The maximum Gasteiger partial charge on any atom is 0.0434 e. The van der Waals surface area contributed by atoms with Gasteiger partial charge in [-0.2, -0.15) is 0 Å². The molecule has 0 unspecified atom stereocenters. The van der Waals surface area contributed by atoms with Gasteiger partial charge in [0.1, 0.15) is 0 Å². The molecular weight excluding hydrogens is 268 g/mol. The standard InChI is InChI=1S/C21H20O/c22-13-5-8-15-7-3-10-17(15)19-11-4-12-20-18-9-2-1-6-16(18)14-21(19)20/h1-4,6-7,9,11-12,22H,5,8,10,13-14H2. The Hall–Kier alpha value is -2.12. The molecule has 1 heteroatoms. The van der Waals surface area contributed by atoms with Crippen molar-refractivity contribution in [1.29, 1.82) is 0 Å². The van der Waals surface area contributed by atoms with Crippen LogP contribution in [0.1, 0.15) is 36.0 Å². The number of hydrogen-bond acceptors (Lipinski definition) is 1. The van der Waals surface area contributed by atoms with Gasteiger partial charge in [0.05, 0.1) is 0 Å². The Morgan fingerprint density at radius 1 is 0.909 bits per heavy atom. The Balaban J connectivity index is 1.80. The number of rotatable bonds is 4. The molecule has 0 bridgehead atoms. The van der Waals surface area contributed by atoms with E-state index in [0.29, 0.717) is 0 Å². The molecule has 0 amide bonds. The molecule has 1 N–H and O–H groups in total. The second kappa shape index (κ2) is 5.58. The van der Waals surface area contributed by atoms with Crippen LogP contribution < -0.4 is 0 Å². The summed E-state index contributed by atoms with van der Waals surface area (Å²) in [6, 6.07) is 15.4. The third-order valence-electron chi connectivity index (χ3n) is 4.81. The van der Waals surface area contributed by atoms with E-state index < -0.39 is 0 Å². The maximum absolute atomic E-state index is 9.11. The van der Waals surface area contributed by atoms with E-state index in [0.717, 1.165) is 25.7 Å². The molecular formula is C21H20O. The lowest BCUT2D eigenvalue weighted by Gasteiger charge is -2.12. The largest absolute Gasteiger partial charge is 0.396 e. The molecule has 0 fully saturated rings. The fourth-order valence-corrected chi connectivity index (χ4v) is 3.78. The SMILES string of the molecule is OCCCC1=C(c2cccc3c2Cc2ccccc2-3)CC=C1. The maximum atomic E-state index is 9.11. The third-order valence-corrected chi connectivity index (χ3v) is 4.81. The zero-order valence-electron chi connectivity index (χ0n) is 12.7. The molecule has 0 atom stereocenters. The lowest BCUT2D eigenvalue weighted by atomic mass is 9.92. The van der Waals surface area contributed by atoms with Crippen molar-refractivity contribution in [1.82, 2.24) is 0 Å². The van der Waals surface area contributed by atoms with Crippen LogP contribution in [0.25, 0.3) is 16.7 Å². The van der Waals surface area contributed by atoms with Crippen LogP contribution in [0.15, 0.2) is 60.2 Å². The van der Waals surface area contributed by atoms with Crippen molar-refractivity contribution in [2.24, 2.45) is 0 Å². The lowest BCUT2D eigenvalue weighted by molar-refractivity contribution is 0.289. The Morgan fingerprint density at radius 3 is 2.64 bits per heavy atom. The molecule has 2 aliphatic carbocycles. The van der Waals surface area contributed by atoms with E-state index in [9.17, 15) is 0 Å². The van der Waals surface area contributed by atoms with E-state index in [1.807, 2.05) is 0 Å². The molecule has 2 aromatic rings. The summed E-state index contributed by atoms with van der Waals surface area (Å²) in [7, 11) is 0. The van der Waals surface area contributed by atoms with Crippen molar-refractivity contribution in [2.75, 3.05) is 6.61 Å². The van der Waals surface area contributed by atoms with Gasteiger partial charge in [-0.05, 0) is 64.6 Å². The van der Waals surface area contributed by atoms with E-state index in [-0.39, 0.29) is 6.61 Å². The van der Waals surface area contributed by atoms with Gasteiger partial charge in [0.25, 0.3) is 0 Å². The summed E-state index contributed by atoms with van der Waals surface area (Å²) >= 11 is 0. The first-order chi connectivity index (χ1) is 10.9. The van der Waals surface area contributed by atoms with E-state index >= 15 is 0 Å². The molecule has 0 spiro atoms. The predicted molar refractivity (Wildman–Crippen MR) is 91.7 cm³/mol. The van der Waals surface area contributed by atoms with E-state index in [1.54, 1.807) is 0 Å². The molecule has 0 heterocycles. The van der Waals surface area contributed by atoms with Crippen LogP contribution in [0.4, 0.5) is 0 Å². The van der Waals surface area contributed by atoms with Crippen LogP contribution in [0, 0.1) is 0 Å². The Morgan fingerprint density at radius 2 is 1.73 bits per heavy atom. The van der Waals surface area contributed by atoms with Gasteiger partial charge in [-0.1, -0.05) is 54.6 Å². The van der Waals surface area contributed by atoms with Crippen LogP contribution in [0.5, 0.6) is 0 Å². The molecule has 0 aliphatic heterocycles. The van der Waals surface area contributed by atoms with Crippen LogP contribution in [-0.4, -0.2) is 11.7 Å². The molecule has 0 saturated heterocycles. The summed E-state index contributed by atoms with van der Waals surface area (Å²) in [6.45, 7) is 0.267. The van der Waals surface area contributed by atoms with Crippen molar-refractivity contribution in [3.05, 3.63) is 76.9 Å². The molecule has 22 heavy (non-hydrogen) atoms. The summed E-state index contributed by atoms with van der Waals surface area (Å²) in [5.41, 5.74) is 9.97. The quantitative estimate of drug-likeness (QED) is 0.735. The predicted octanol–water partition coefficient (Wildman–Crippen LogP) is 4.74. The molecule has 1 nitrogen and oxygen atoms in total. The van der Waals surface area contributed by atoms with Gasteiger partial charge in [0.15, 0.2) is 0 Å². The summed E-state index contributed by atoms with van der Waals surface area (Å²) in [4.78, 5) is 0. The lowest BCUT2D eigenvalue weighted by Crippen LogP contribution is -1.94. The van der Waals surface area contributed by atoms with Gasteiger partial charge in [-0.25, -0.2) is 0 Å². The Bertz CT molecular complexity index is 780. The van der Waals surface area contributed by atoms with Crippen molar-refractivity contribution in [2.45, 2.75) is 25.7 Å². The first-order valence-electron chi connectivity index (χ1n) is 8.08. The summed E-state index contributed by atoms with van der Waals surface area (Å²) in [5, 5.41) is 9.11. The number of fused-ring (bicyclic) bond motifs is 3. The van der Waals surface area contributed by atoms with E-state index in [4.69, 9.17) is 5.11 Å². The van der Waals surface area contributed by atoms with Crippen molar-refractivity contribution in [3.8, 4) is 11.1 Å². The minimum absolute atomic E-state index is 0.267. The molecule has 0 aromatic heterocycles. The first kappa shape index (κ1) is 13.5. The second-order valence-corrected chi connectivity index (χ2v) is 6.10. The van der Waals surface area contributed by atoms with Gasteiger partial charge in [-0.3, -0.25) is 0 Å². The van der Waals surface area contributed by atoms with Crippen molar-refractivity contribution >= 4 is 5.57 Å². The second-order valence-electron chi connectivity index (χ2n) is 6.10. The number of allylic oxidation sites excluding steroid dienone is 4. The zero-order valence-corrected chi connectivity index (χ0v) is 12.7. The highest BCUT2D eigenvalue weighted by molar-refractivity contribution is 5.85. The minimum atomic E-state index is 0.267. The average Bonchev–Trinajstić information content (AvgIpc) is 3.16. The third kappa shape index (κ3) is 2.13. The summed E-state index contributed by atoms with van der Waals surface area (Å²) in [6.07, 6.45) is 8.37. The first-order valence-corrected chi connectivity index (χ1v) is 8.08. The van der Waals surface area contributed by atoms with E-state index in [2.05, 4.69) is 54.6 Å². The fourth-order valence-electron chi connectivity index (χ4n) is 3.78. The van der Waals surface area contributed by atoms with Crippen LogP contribution >= 0.6 is 0 Å². The normalized spacial score (nSPS) is 15.3. The van der Waals surface area contributed by atoms with Crippen LogP contribution in [0.2, 0.25) is 0 Å². The number of benzene rings is 2. The van der Waals surface area contributed by atoms with Gasteiger partial charge in [0, 0.05) is 6.61 Å². The van der Waals surface area contributed by atoms with Crippen molar-refractivity contribution in [3.63, 3.8) is 0 Å². The molecule has 4 rings (SSSR count).